The number of aliphatic carboxylic acids is 1. The van der Waals surface area contributed by atoms with E-state index in [4.69, 9.17) is 9.84 Å². The van der Waals surface area contributed by atoms with E-state index in [2.05, 4.69) is 5.32 Å². The van der Waals surface area contributed by atoms with E-state index in [1.807, 2.05) is 34.6 Å². The maximum Gasteiger partial charge on any atom is 0.408 e. The van der Waals surface area contributed by atoms with Gasteiger partial charge in [-0.05, 0) is 66.2 Å². The molecular weight excluding hydrogens is 258 g/mol. The second-order valence-corrected chi connectivity index (χ2v) is 7.24. The van der Waals surface area contributed by atoms with Gasteiger partial charge >= 0.3 is 12.1 Å². The molecule has 0 saturated heterocycles. The van der Waals surface area contributed by atoms with E-state index in [1.165, 1.54) is 0 Å². The Balaban J connectivity index is 2.53. The first-order valence-electron chi connectivity index (χ1n) is 7.25. The number of carboxylic acid groups (broad SMARTS) is 1. The van der Waals surface area contributed by atoms with E-state index < -0.39 is 17.7 Å². The van der Waals surface area contributed by atoms with Crippen molar-refractivity contribution < 1.29 is 19.4 Å². The number of carbonyl (C=O) groups is 2. The normalized spacial score (nSPS) is 24.1. The minimum Gasteiger partial charge on any atom is -0.481 e. The molecule has 0 radical (unpaired) electrons. The summed E-state index contributed by atoms with van der Waals surface area (Å²) in [6, 6.07) is 0. The van der Waals surface area contributed by atoms with Gasteiger partial charge in [0.25, 0.3) is 0 Å². The van der Waals surface area contributed by atoms with Crippen molar-refractivity contribution >= 4 is 12.1 Å². The van der Waals surface area contributed by atoms with Crippen LogP contribution in [0, 0.1) is 11.8 Å². The lowest BCUT2D eigenvalue weighted by Gasteiger charge is -2.39. The Morgan fingerprint density at radius 3 is 1.95 bits per heavy atom. The smallest absolute Gasteiger partial charge is 0.408 e. The van der Waals surface area contributed by atoms with Gasteiger partial charge in [-0.25, -0.2) is 4.79 Å². The van der Waals surface area contributed by atoms with Crippen LogP contribution in [0.15, 0.2) is 0 Å². The number of hydrogen-bond donors (Lipinski definition) is 2. The van der Waals surface area contributed by atoms with Crippen molar-refractivity contribution in [1.29, 1.82) is 0 Å². The van der Waals surface area contributed by atoms with Crippen molar-refractivity contribution in [3.63, 3.8) is 0 Å². The first-order valence-corrected chi connectivity index (χ1v) is 7.25. The topological polar surface area (TPSA) is 75.6 Å². The van der Waals surface area contributed by atoms with Crippen molar-refractivity contribution in [2.24, 2.45) is 11.8 Å². The van der Waals surface area contributed by atoms with Crippen LogP contribution in [0.4, 0.5) is 4.79 Å². The number of rotatable bonds is 3. The van der Waals surface area contributed by atoms with Crippen LogP contribution >= 0.6 is 0 Å². The minimum atomic E-state index is -0.707. The average molecular weight is 285 g/mol. The number of carbonyl (C=O) groups excluding carboxylic acids is 1. The third-order valence-corrected chi connectivity index (χ3v) is 3.92. The average Bonchev–Trinajstić information content (AvgIpc) is 2.25. The highest BCUT2D eigenvalue weighted by molar-refractivity contribution is 5.70. The molecule has 0 bridgehead atoms. The largest absolute Gasteiger partial charge is 0.481 e. The maximum absolute atomic E-state index is 11.9. The van der Waals surface area contributed by atoms with Gasteiger partial charge in [0, 0.05) is 5.54 Å². The molecule has 1 rings (SSSR count). The molecule has 0 unspecified atom stereocenters. The molecule has 1 amide bonds. The molecule has 1 fully saturated rings. The first kappa shape index (κ1) is 16.8. The molecule has 0 aliphatic heterocycles. The molecule has 0 aromatic rings. The van der Waals surface area contributed by atoms with Gasteiger partial charge in [-0.3, -0.25) is 4.79 Å². The van der Waals surface area contributed by atoms with Crippen molar-refractivity contribution in [3.05, 3.63) is 0 Å². The summed E-state index contributed by atoms with van der Waals surface area (Å²) in [5.41, 5.74) is -0.896. The van der Waals surface area contributed by atoms with Crippen molar-refractivity contribution in [3.8, 4) is 0 Å². The van der Waals surface area contributed by atoms with Gasteiger partial charge in [0.1, 0.15) is 5.60 Å². The molecule has 1 aliphatic carbocycles. The summed E-state index contributed by atoms with van der Waals surface area (Å²) in [6.45, 7) is 9.44. The number of amides is 1. The summed E-state index contributed by atoms with van der Waals surface area (Å²) >= 11 is 0. The van der Waals surface area contributed by atoms with Crippen molar-refractivity contribution in [2.45, 2.75) is 71.4 Å². The van der Waals surface area contributed by atoms with E-state index in [9.17, 15) is 9.59 Å². The van der Waals surface area contributed by atoms with Gasteiger partial charge in [0.15, 0.2) is 0 Å². The monoisotopic (exact) mass is 285 g/mol. The van der Waals surface area contributed by atoms with E-state index in [0.29, 0.717) is 12.8 Å². The molecule has 0 aromatic carbocycles. The summed E-state index contributed by atoms with van der Waals surface area (Å²) in [7, 11) is 0. The zero-order valence-electron chi connectivity index (χ0n) is 13.2. The highest BCUT2D eigenvalue weighted by atomic mass is 16.6. The molecule has 20 heavy (non-hydrogen) atoms. The SMILES string of the molecule is CC(C)(C)OC(=O)NC(C)(C)C1CCC(C(=O)O)CC1. The Labute approximate surface area is 121 Å². The van der Waals surface area contributed by atoms with Crippen LogP contribution in [0.1, 0.15) is 60.3 Å². The molecule has 2 N–H and O–H groups in total. The minimum absolute atomic E-state index is 0.233. The van der Waals surface area contributed by atoms with Gasteiger partial charge in [0.05, 0.1) is 5.92 Å². The quantitative estimate of drug-likeness (QED) is 0.835. The number of ether oxygens (including phenoxy) is 1. The summed E-state index contributed by atoms with van der Waals surface area (Å²) in [6.07, 6.45) is 2.58. The Kier molecular flexibility index (Phi) is 5.05. The fourth-order valence-corrected chi connectivity index (χ4v) is 2.73. The van der Waals surface area contributed by atoms with Crippen LogP contribution in [0.2, 0.25) is 0 Å². The number of carboxylic acids is 1. The molecule has 1 aliphatic rings. The third kappa shape index (κ3) is 5.02. The summed E-state index contributed by atoms with van der Waals surface area (Å²) in [4.78, 5) is 22.8. The predicted octanol–water partition coefficient (Wildman–Crippen LogP) is 3.18. The lowest BCUT2D eigenvalue weighted by atomic mass is 9.73. The van der Waals surface area contributed by atoms with Crippen LogP contribution in [-0.4, -0.2) is 28.3 Å². The van der Waals surface area contributed by atoms with E-state index in [-0.39, 0.29) is 17.4 Å². The Bertz CT molecular complexity index is 363. The van der Waals surface area contributed by atoms with Crippen LogP contribution in [0.5, 0.6) is 0 Å². The zero-order valence-corrected chi connectivity index (χ0v) is 13.2. The number of hydrogen-bond acceptors (Lipinski definition) is 3. The maximum atomic E-state index is 11.9. The second-order valence-electron chi connectivity index (χ2n) is 7.24. The third-order valence-electron chi connectivity index (χ3n) is 3.92. The fraction of sp³-hybridized carbons (Fsp3) is 0.867. The summed E-state index contributed by atoms with van der Waals surface area (Å²) < 4.78 is 5.28. The summed E-state index contributed by atoms with van der Waals surface area (Å²) in [5.74, 6) is -0.657. The fourth-order valence-electron chi connectivity index (χ4n) is 2.73. The first-order chi connectivity index (χ1) is 9.01. The standard InChI is InChI=1S/C15H27NO4/c1-14(2,3)20-13(19)16-15(4,5)11-8-6-10(7-9-11)12(17)18/h10-11H,6-9H2,1-5H3,(H,16,19)(H,17,18). The number of nitrogens with one attached hydrogen (secondary N) is 1. The Morgan fingerprint density at radius 2 is 1.55 bits per heavy atom. The number of alkyl carbamates (subject to hydrolysis) is 1. The predicted molar refractivity (Wildman–Crippen MR) is 76.5 cm³/mol. The van der Waals surface area contributed by atoms with Crippen LogP contribution in [0.25, 0.3) is 0 Å². The lowest BCUT2D eigenvalue weighted by molar-refractivity contribution is -0.143. The Hall–Kier alpha value is -1.26. The summed E-state index contributed by atoms with van der Waals surface area (Å²) in [5, 5.41) is 11.9. The lowest BCUT2D eigenvalue weighted by Crippen LogP contribution is -2.51. The molecule has 0 spiro atoms. The van der Waals surface area contributed by atoms with Crippen LogP contribution in [-0.2, 0) is 9.53 Å². The van der Waals surface area contributed by atoms with Crippen LogP contribution < -0.4 is 5.32 Å². The van der Waals surface area contributed by atoms with Crippen molar-refractivity contribution in [2.75, 3.05) is 0 Å². The van der Waals surface area contributed by atoms with Gasteiger partial charge in [0.2, 0.25) is 0 Å². The molecule has 0 heterocycles. The van der Waals surface area contributed by atoms with E-state index in [1.54, 1.807) is 0 Å². The van der Waals surface area contributed by atoms with Gasteiger partial charge in [-0.2, -0.15) is 0 Å². The second kappa shape index (κ2) is 6.02. The zero-order chi connectivity index (χ0) is 15.6. The molecular formula is C15H27NO4. The molecule has 5 nitrogen and oxygen atoms in total. The molecule has 116 valence electrons. The molecule has 1 saturated carbocycles. The van der Waals surface area contributed by atoms with Crippen LogP contribution in [0.3, 0.4) is 0 Å². The molecule has 5 heteroatoms. The molecule has 0 aromatic heterocycles. The molecule has 0 atom stereocenters. The Morgan fingerprint density at radius 1 is 1.05 bits per heavy atom. The van der Waals surface area contributed by atoms with Gasteiger partial charge in [-0.15, -0.1) is 0 Å². The van der Waals surface area contributed by atoms with Gasteiger partial charge < -0.3 is 15.2 Å². The van der Waals surface area contributed by atoms with Crippen molar-refractivity contribution in [1.82, 2.24) is 5.32 Å². The van der Waals surface area contributed by atoms with E-state index >= 15 is 0 Å². The highest BCUT2D eigenvalue weighted by Gasteiger charge is 2.36. The highest BCUT2D eigenvalue weighted by Crippen LogP contribution is 2.35. The van der Waals surface area contributed by atoms with E-state index in [0.717, 1.165) is 12.8 Å². The van der Waals surface area contributed by atoms with Gasteiger partial charge in [-0.1, -0.05) is 0 Å².